The van der Waals surface area contributed by atoms with E-state index in [9.17, 15) is 0 Å². The Morgan fingerprint density at radius 1 is 1.07 bits per heavy atom. The van der Waals surface area contributed by atoms with E-state index in [0.29, 0.717) is 17.7 Å². The number of anilines is 2. The molecule has 8 nitrogen and oxygen atoms in total. The maximum absolute atomic E-state index is 4.69. The number of pyridine rings is 2. The largest absolute Gasteiger partial charge is 0.325 e. The fourth-order valence-electron chi connectivity index (χ4n) is 3.02. The van der Waals surface area contributed by atoms with Crippen molar-refractivity contribution in [2.24, 2.45) is 0 Å². The minimum absolute atomic E-state index is 0.505. The molecule has 1 N–H and O–H groups in total. The maximum atomic E-state index is 4.69. The first kappa shape index (κ1) is 15.7. The van der Waals surface area contributed by atoms with Crippen LogP contribution in [-0.4, -0.2) is 34.3 Å². The van der Waals surface area contributed by atoms with Crippen molar-refractivity contribution in [2.75, 3.05) is 5.32 Å². The third kappa shape index (κ3) is 3.17. The molecule has 4 aromatic rings. The van der Waals surface area contributed by atoms with Crippen molar-refractivity contribution in [3.63, 3.8) is 0 Å². The van der Waals surface area contributed by atoms with Crippen molar-refractivity contribution in [3.05, 3.63) is 61.1 Å². The summed E-state index contributed by atoms with van der Waals surface area (Å²) < 4.78 is 4.07. The summed E-state index contributed by atoms with van der Waals surface area (Å²) in [6.07, 6.45) is 9.66. The van der Waals surface area contributed by atoms with Gasteiger partial charge in [-0.15, -0.1) is 10.2 Å². The molecular weight excluding hydrogens is 340 g/mol. The van der Waals surface area contributed by atoms with Crippen molar-refractivity contribution in [2.45, 2.75) is 25.8 Å². The fourth-order valence-corrected chi connectivity index (χ4v) is 3.02. The molecule has 0 spiro atoms. The predicted molar refractivity (Wildman–Crippen MR) is 101 cm³/mol. The molecule has 4 heterocycles. The molecule has 4 aromatic heterocycles. The van der Waals surface area contributed by atoms with Crippen LogP contribution in [0, 0.1) is 6.92 Å². The van der Waals surface area contributed by atoms with Crippen LogP contribution in [0.25, 0.3) is 17.2 Å². The molecule has 0 unspecified atom stereocenters. The van der Waals surface area contributed by atoms with Crippen LogP contribution in [0.5, 0.6) is 0 Å². The third-order valence-corrected chi connectivity index (χ3v) is 4.50. The summed E-state index contributed by atoms with van der Waals surface area (Å²) in [5.41, 5.74) is 2.75. The standard InChI is InChI=1S/C19H18N8/c1-13-10-26(11-21-13)15-7-8-20-18(9-15)24-17-4-2-3-16(23-17)19-25-22-12-27(19)14-5-6-14/h2-4,7-12,14H,5-6H2,1H3,(H,20,23,24). The molecule has 134 valence electrons. The molecule has 8 heteroatoms. The van der Waals surface area contributed by atoms with Crippen molar-refractivity contribution in [1.29, 1.82) is 0 Å². The summed E-state index contributed by atoms with van der Waals surface area (Å²) in [5, 5.41) is 11.6. The first-order valence-electron chi connectivity index (χ1n) is 8.87. The maximum Gasteiger partial charge on any atom is 0.182 e. The molecule has 27 heavy (non-hydrogen) atoms. The van der Waals surface area contributed by atoms with Crippen LogP contribution in [0.2, 0.25) is 0 Å². The molecule has 0 atom stereocenters. The van der Waals surface area contributed by atoms with Crippen LogP contribution >= 0.6 is 0 Å². The Morgan fingerprint density at radius 3 is 2.81 bits per heavy atom. The van der Waals surface area contributed by atoms with E-state index in [4.69, 9.17) is 4.98 Å². The Morgan fingerprint density at radius 2 is 2.00 bits per heavy atom. The van der Waals surface area contributed by atoms with E-state index in [-0.39, 0.29) is 0 Å². The highest BCUT2D eigenvalue weighted by Crippen LogP contribution is 2.37. The van der Waals surface area contributed by atoms with Gasteiger partial charge in [-0.1, -0.05) is 6.07 Å². The van der Waals surface area contributed by atoms with Crippen LogP contribution < -0.4 is 5.32 Å². The SMILES string of the molecule is Cc1cn(-c2ccnc(Nc3cccc(-c4nncn4C4CC4)n3)c2)cn1. The molecule has 1 aliphatic carbocycles. The number of nitrogens with one attached hydrogen (secondary N) is 1. The summed E-state index contributed by atoms with van der Waals surface area (Å²) in [4.78, 5) is 13.4. The summed E-state index contributed by atoms with van der Waals surface area (Å²) >= 11 is 0. The fraction of sp³-hybridized carbons (Fsp3) is 0.211. The van der Waals surface area contributed by atoms with Gasteiger partial charge in [0.2, 0.25) is 0 Å². The molecule has 0 amide bonds. The van der Waals surface area contributed by atoms with Gasteiger partial charge in [0, 0.05) is 24.5 Å². The van der Waals surface area contributed by atoms with E-state index < -0.39 is 0 Å². The Balaban J connectivity index is 1.42. The minimum Gasteiger partial charge on any atom is -0.325 e. The van der Waals surface area contributed by atoms with Gasteiger partial charge in [-0.2, -0.15) is 0 Å². The highest BCUT2D eigenvalue weighted by molar-refractivity contribution is 5.59. The summed E-state index contributed by atoms with van der Waals surface area (Å²) in [5.74, 6) is 2.23. The number of hydrogen-bond acceptors (Lipinski definition) is 6. The Hall–Kier alpha value is -3.55. The Labute approximate surface area is 156 Å². The van der Waals surface area contributed by atoms with Crippen LogP contribution in [0.15, 0.2) is 55.4 Å². The molecule has 0 aliphatic heterocycles. The molecular formula is C19H18N8. The summed E-state index contributed by atoms with van der Waals surface area (Å²) in [7, 11) is 0. The molecule has 1 saturated carbocycles. The van der Waals surface area contributed by atoms with Crippen LogP contribution in [0.1, 0.15) is 24.6 Å². The smallest absolute Gasteiger partial charge is 0.182 e. The molecule has 0 saturated heterocycles. The van der Waals surface area contributed by atoms with E-state index in [1.165, 1.54) is 12.8 Å². The zero-order valence-electron chi connectivity index (χ0n) is 14.8. The lowest BCUT2D eigenvalue weighted by atomic mass is 10.3. The van der Waals surface area contributed by atoms with Crippen LogP contribution in [0.4, 0.5) is 11.6 Å². The molecule has 1 aliphatic rings. The Bertz CT molecular complexity index is 1090. The minimum atomic E-state index is 0.505. The topological polar surface area (TPSA) is 86.3 Å². The summed E-state index contributed by atoms with van der Waals surface area (Å²) in [6.45, 7) is 1.96. The van der Waals surface area contributed by atoms with Crippen molar-refractivity contribution in [1.82, 2.24) is 34.3 Å². The van der Waals surface area contributed by atoms with Gasteiger partial charge >= 0.3 is 0 Å². The van der Waals surface area contributed by atoms with Crippen molar-refractivity contribution in [3.8, 4) is 17.2 Å². The number of hydrogen-bond donors (Lipinski definition) is 1. The molecule has 5 rings (SSSR count). The lowest BCUT2D eigenvalue weighted by Crippen LogP contribution is -2.01. The third-order valence-electron chi connectivity index (χ3n) is 4.50. The lowest BCUT2D eigenvalue weighted by Gasteiger charge is -2.09. The van der Waals surface area contributed by atoms with E-state index in [1.807, 2.05) is 48.0 Å². The number of nitrogens with zero attached hydrogens (tertiary/aromatic N) is 7. The van der Waals surface area contributed by atoms with Gasteiger partial charge in [-0.25, -0.2) is 15.0 Å². The zero-order chi connectivity index (χ0) is 18.2. The van der Waals surface area contributed by atoms with E-state index >= 15 is 0 Å². The first-order chi connectivity index (χ1) is 13.3. The van der Waals surface area contributed by atoms with Gasteiger partial charge in [0.25, 0.3) is 0 Å². The summed E-state index contributed by atoms with van der Waals surface area (Å²) in [6, 6.07) is 10.2. The zero-order valence-corrected chi connectivity index (χ0v) is 14.8. The second-order valence-electron chi connectivity index (χ2n) is 6.65. The van der Waals surface area contributed by atoms with E-state index in [1.54, 1.807) is 18.9 Å². The predicted octanol–water partition coefficient (Wildman–Crippen LogP) is 3.31. The van der Waals surface area contributed by atoms with E-state index in [0.717, 1.165) is 22.9 Å². The molecule has 0 aromatic carbocycles. The van der Waals surface area contributed by atoms with Gasteiger partial charge < -0.3 is 14.5 Å². The lowest BCUT2D eigenvalue weighted by molar-refractivity contribution is 0.744. The molecule has 1 fully saturated rings. The second kappa shape index (κ2) is 6.31. The number of rotatable bonds is 5. The monoisotopic (exact) mass is 358 g/mol. The number of aromatic nitrogens is 7. The van der Waals surface area contributed by atoms with Gasteiger partial charge in [-0.05, 0) is 38.0 Å². The highest BCUT2D eigenvalue weighted by Gasteiger charge is 2.27. The van der Waals surface area contributed by atoms with Gasteiger partial charge in [-0.3, -0.25) is 0 Å². The quantitative estimate of drug-likeness (QED) is 0.589. The van der Waals surface area contributed by atoms with Gasteiger partial charge in [0.15, 0.2) is 5.82 Å². The van der Waals surface area contributed by atoms with Crippen molar-refractivity contribution < 1.29 is 0 Å². The highest BCUT2D eigenvalue weighted by atomic mass is 15.3. The average molecular weight is 358 g/mol. The number of aryl methyl sites for hydroxylation is 1. The number of imidazole rings is 1. The van der Waals surface area contributed by atoms with Crippen LogP contribution in [0.3, 0.4) is 0 Å². The molecule has 0 bridgehead atoms. The van der Waals surface area contributed by atoms with Crippen molar-refractivity contribution >= 4 is 11.6 Å². The van der Waals surface area contributed by atoms with Gasteiger partial charge in [0.05, 0.1) is 17.7 Å². The normalized spacial score (nSPS) is 13.7. The first-order valence-corrected chi connectivity index (χ1v) is 8.87. The Kier molecular flexibility index (Phi) is 3.67. The van der Waals surface area contributed by atoms with Gasteiger partial charge in [0.1, 0.15) is 23.7 Å². The van der Waals surface area contributed by atoms with Crippen LogP contribution in [-0.2, 0) is 0 Å². The molecule has 0 radical (unpaired) electrons. The second-order valence-corrected chi connectivity index (χ2v) is 6.65. The average Bonchev–Trinajstić information content (AvgIpc) is 3.24. The van der Waals surface area contributed by atoms with E-state index in [2.05, 4.69) is 30.0 Å².